The smallest absolute Gasteiger partial charge is 0.231 e. The van der Waals surface area contributed by atoms with Crippen LogP contribution in [0.4, 0.5) is 5.69 Å². The molecule has 0 fully saturated rings. The number of aromatic nitrogens is 2. The van der Waals surface area contributed by atoms with Crippen LogP contribution in [0.1, 0.15) is 5.56 Å². The van der Waals surface area contributed by atoms with Crippen molar-refractivity contribution in [1.29, 1.82) is 0 Å². The van der Waals surface area contributed by atoms with E-state index in [1.165, 1.54) is 5.56 Å². The van der Waals surface area contributed by atoms with Gasteiger partial charge in [-0.25, -0.2) is 4.98 Å². The molecular weight excluding hydrogens is 254 g/mol. The number of pyridine rings is 1. The highest BCUT2D eigenvalue weighted by Crippen LogP contribution is 2.34. The van der Waals surface area contributed by atoms with E-state index in [9.17, 15) is 0 Å². The topological polar surface area (TPSA) is 59.2 Å². The molecule has 5 heteroatoms. The predicted octanol–water partition coefficient (Wildman–Crippen LogP) is 2.90. The summed E-state index contributed by atoms with van der Waals surface area (Å²) in [6, 6.07) is 9.87. The molecule has 0 saturated carbocycles. The predicted molar refractivity (Wildman–Crippen MR) is 76.0 cm³/mol. The van der Waals surface area contributed by atoms with Gasteiger partial charge < -0.3 is 19.8 Å². The third-order valence-electron chi connectivity index (χ3n) is 3.39. The molecule has 1 aromatic carbocycles. The summed E-state index contributed by atoms with van der Waals surface area (Å²) in [6.45, 7) is 1.03. The summed E-state index contributed by atoms with van der Waals surface area (Å²) < 4.78 is 10.7. The summed E-state index contributed by atoms with van der Waals surface area (Å²) >= 11 is 0. The van der Waals surface area contributed by atoms with E-state index < -0.39 is 0 Å². The van der Waals surface area contributed by atoms with Crippen molar-refractivity contribution >= 4 is 16.7 Å². The van der Waals surface area contributed by atoms with E-state index in [4.69, 9.17) is 9.47 Å². The molecule has 5 nitrogen and oxygen atoms in total. The van der Waals surface area contributed by atoms with Gasteiger partial charge in [-0.2, -0.15) is 0 Å². The van der Waals surface area contributed by atoms with Crippen LogP contribution in [-0.4, -0.2) is 16.8 Å². The molecular formula is C15H13N3O2. The maximum Gasteiger partial charge on any atom is 0.231 e. The van der Waals surface area contributed by atoms with Gasteiger partial charge in [0.25, 0.3) is 0 Å². The molecule has 0 bridgehead atoms. The van der Waals surface area contributed by atoms with Crippen molar-refractivity contribution in [2.45, 2.75) is 6.54 Å². The summed E-state index contributed by atoms with van der Waals surface area (Å²) in [7, 11) is 0. The molecule has 0 aliphatic carbocycles. The van der Waals surface area contributed by atoms with E-state index in [2.05, 4.69) is 21.4 Å². The average molecular weight is 267 g/mol. The number of fused-ring (bicyclic) bond motifs is 2. The number of hydrogen-bond donors (Lipinski definition) is 2. The zero-order valence-electron chi connectivity index (χ0n) is 10.7. The zero-order chi connectivity index (χ0) is 13.4. The van der Waals surface area contributed by atoms with E-state index in [0.717, 1.165) is 34.8 Å². The number of hydrogen-bond acceptors (Lipinski definition) is 4. The second-order valence-corrected chi connectivity index (χ2v) is 4.64. The van der Waals surface area contributed by atoms with Gasteiger partial charge in [0.2, 0.25) is 6.79 Å². The van der Waals surface area contributed by atoms with E-state index in [1.807, 2.05) is 30.5 Å². The average Bonchev–Trinajstić information content (AvgIpc) is 3.11. The van der Waals surface area contributed by atoms with Gasteiger partial charge >= 0.3 is 0 Å². The van der Waals surface area contributed by atoms with Crippen LogP contribution < -0.4 is 14.8 Å². The van der Waals surface area contributed by atoms with E-state index in [1.54, 1.807) is 6.20 Å². The van der Waals surface area contributed by atoms with Gasteiger partial charge in [-0.1, -0.05) is 0 Å². The molecule has 1 aliphatic heterocycles. The van der Waals surface area contributed by atoms with Crippen LogP contribution in [0.15, 0.2) is 42.7 Å². The molecule has 0 amide bonds. The molecule has 20 heavy (non-hydrogen) atoms. The Labute approximate surface area is 115 Å². The summed E-state index contributed by atoms with van der Waals surface area (Å²) in [4.78, 5) is 7.45. The van der Waals surface area contributed by atoms with Crippen molar-refractivity contribution in [2.75, 3.05) is 12.1 Å². The van der Waals surface area contributed by atoms with Crippen LogP contribution in [0.3, 0.4) is 0 Å². The number of rotatable bonds is 3. The van der Waals surface area contributed by atoms with E-state index >= 15 is 0 Å². The lowest BCUT2D eigenvalue weighted by Crippen LogP contribution is -1.98. The van der Waals surface area contributed by atoms with Crippen LogP contribution >= 0.6 is 0 Å². The molecule has 1 aliphatic rings. The number of benzene rings is 1. The molecule has 0 unspecified atom stereocenters. The zero-order valence-corrected chi connectivity index (χ0v) is 10.7. The van der Waals surface area contributed by atoms with Crippen LogP contribution in [0, 0.1) is 0 Å². The lowest BCUT2D eigenvalue weighted by Gasteiger charge is -2.06. The molecule has 3 heterocycles. The maximum absolute atomic E-state index is 5.37. The normalized spacial score (nSPS) is 12.8. The molecule has 0 saturated heterocycles. The standard InChI is InChI=1S/C15H13N3O2/c1-2-12-10(8-18-15(12)16-5-1)7-17-11-3-4-13-14(6-11)20-9-19-13/h1-6,8,17H,7,9H2,(H,16,18). The first-order valence-corrected chi connectivity index (χ1v) is 6.45. The van der Waals surface area contributed by atoms with Crippen molar-refractivity contribution in [2.24, 2.45) is 0 Å². The Bertz CT molecular complexity index is 767. The van der Waals surface area contributed by atoms with Crippen molar-refractivity contribution in [1.82, 2.24) is 9.97 Å². The highest BCUT2D eigenvalue weighted by molar-refractivity contribution is 5.79. The van der Waals surface area contributed by atoms with Gasteiger partial charge in [0.05, 0.1) is 0 Å². The summed E-state index contributed by atoms with van der Waals surface area (Å²) in [6.07, 6.45) is 3.77. The number of ether oxygens (including phenoxy) is 2. The Hall–Kier alpha value is -2.69. The molecule has 100 valence electrons. The number of anilines is 1. The fraction of sp³-hybridized carbons (Fsp3) is 0.133. The quantitative estimate of drug-likeness (QED) is 0.766. The Morgan fingerprint density at radius 3 is 3.15 bits per heavy atom. The van der Waals surface area contributed by atoms with Crippen molar-refractivity contribution < 1.29 is 9.47 Å². The van der Waals surface area contributed by atoms with Gasteiger partial charge in [-0.05, 0) is 29.8 Å². The molecule has 0 atom stereocenters. The summed E-state index contributed by atoms with van der Waals surface area (Å²) in [5, 5.41) is 4.53. The van der Waals surface area contributed by atoms with Gasteiger partial charge in [-0.15, -0.1) is 0 Å². The van der Waals surface area contributed by atoms with Gasteiger partial charge in [0.15, 0.2) is 11.5 Å². The number of nitrogens with zero attached hydrogens (tertiary/aromatic N) is 1. The van der Waals surface area contributed by atoms with Crippen LogP contribution in [0.2, 0.25) is 0 Å². The number of nitrogens with one attached hydrogen (secondary N) is 2. The molecule has 0 spiro atoms. The molecule has 2 aromatic heterocycles. The Balaban J connectivity index is 1.55. The largest absolute Gasteiger partial charge is 0.454 e. The van der Waals surface area contributed by atoms with Gasteiger partial charge in [-0.3, -0.25) is 0 Å². The van der Waals surface area contributed by atoms with Crippen LogP contribution in [-0.2, 0) is 6.54 Å². The fourth-order valence-corrected chi connectivity index (χ4v) is 2.36. The van der Waals surface area contributed by atoms with Crippen LogP contribution in [0.5, 0.6) is 11.5 Å². The highest BCUT2D eigenvalue weighted by atomic mass is 16.7. The monoisotopic (exact) mass is 267 g/mol. The lowest BCUT2D eigenvalue weighted by atomic mass is 10.2. The van der Waals surface area contributed by atoms with Gasteiger partial charge in [0, 0.05) is 36.1 Å². The number of H-pyrrole nitrogens is 1. The number of aromatic amines is 1. The first-order chi connectivity index (χ1) is 9.90. The second kappa shape index (κ2) is 4.45. The van der Waals surface area contributed by atoms with Crippen molar-refractivity contribution in [3.05, 3.63) is 48.3 Å². The van der Waals surface area contributed by atoms with Crippen molar-refractivity contribution in [3.63, 3.8) is 0 Å². The minimum atomic E-state index is 0.299. The van der Waals surface area contributed by atoms with E-state index in [0.29, 0.717) is 6.79 Å². The Morgan fingerprint density at radius 1 is 1.20 bits per heavy atom. The van der Waals surface area contributed by atoms with Crippen molar-refractivity contribution in [3.8, 4) is 11.5 Å². The SMILES string of the molecule is c1cnc2[nH]cc(CNc3ccc4c(c3)OCO4)c2c1. The van der Waals surface area contributed by atoms with Gasteiger partial charge in [0.1, 0.15) is 5.65 Å². The highest BCUT2D eigenvalue weighted by Gasteiger charge is 2.13. The Kier molecular flexibility index (Phi) is 2.48. The molecule has 0 radical (unpaired) electrons. The minimum absolute atomic E-state index is 0.299. The molecule has 2 N–H and O–H groups in total. The molecule has 3 aromatic rings. The maximum atomic E-state index is 5.37. The third kappa shape index (κ3) is 1.84. The minimum Gasteiger partial charge on any atom is -0.454 e. The first-order valence-electron chi connectivity index (χ1n) is 6.45. The Morgan fingerprint density at radius 2 is 2.15 bits per heavy atom. The first kappa shape index (κ1) is 11.2. The van der Waals surface area contributed by atoms with E-state index in [-0.39, 0.29) is 0 Å². The third-order valence-corrected chi connectivity index (χ3v) is 3.39. The van der Waals surface area contributed by atoms with Crippen LogP contribution in [0.25, 0.3) is 11.0 Å². The summed E-state index contributed by atoms with van der Waals surface area (Å²) in [5.41, 5.74) is 3.10. The lowest BCUT2D eigenvalue weighted by molar-refractivity contribution is 0.174. The molecule has 4 rings (SSSR count). The fourth-order valence-electron chi connectivity index (χ4n) is 2.36. The summed E-state index contributed by atoms with van der Waals surface area (Å²) in [5.74, 6) is 1.59. The second-order valence-electron chi connectivity index (χ2n) is 4.64.